The maximum absolute atomic E-state index is 11.3. The molecule has 1 aromatic rings. The number of hydrogen-bond acceptors (Lipinski definition) is 4. The minimum absolute atomic E-state index is 0.0896. The summed E-state index contributed by atoms with van der Waals surface area (Å²) in [5.41, 5.74) is 0.799. The van der Waals surface area contributed by atoms with Gasteiger partial charge >= 0.3 is 5.97 Å². The fourth-order valence-electron chi connectivity index (χ4n) is 1.18. The van der Waals surface area contributed by atoms with Crippen molar-refractivity contribution in [3.8, 4) is 0 Å². The van der Waals surface area contributed by atoms with E-state index in [0.717, 1.165) is 5.69 Å². The van der Waals surface area contributed by atoms with Crippen molar-refractivity contribution in [2.24, 2.45) is 5.18 Å². The van der Waals surface area contributed by atoms with Gasteiger partial charge in [0.1, 0.15) is 5.69 Å². The van der Waals surface area contributed by atoms with Crippen LogP contribution in [0.5, 0.6) is 0 Å². The van der Waals surface area contributed by atoms with Gasteiger partial charge in [-0.25, -0.2) is 4.79 Å². The van der Waals surface area contributed by atoms with E-state index in [1.54, 1.807) is 6.07 Å². The molecule has 1 aromatic heterocycles. The number of nitrogens with zero attached hydrogens (tertiary/aromatic N) is 1. The number of esters is 1. The fourth-order valence-corrected chi connectivity index (χ4v) is 1.18. The second-order valence-corrected chi connectivity index (χ2v) is 4.28. The van der Waals surface area contributed by atoms with Crippen LogP contribution < -0.4 is 0 Å². The van der Waals surface area contributed by atoms with E-state index in [2.05, 4.69) is 14.9 Å². The van der Waals surface area contributed by atoms with Gasteiger partial charge in [-0.2, -0.15) is 0 Å². The zero-order valence-corrected chi connectivity index (χ0v) is 9.25. The van der Waals surface area contributed by atoms with Crippen LogP contribution in [0, 0.1) is 4.91 Å². The Kier molecular flexibility index (Phi) is 2.93. The number of hydrogen-bond donors (Lipinski definition) is 1. The normalized spacial score (nSPS) is 11.2. The number of methoxy groups -OCH3 is 1. The van der Waals surface area contributed by atoms with E-state index >= 15 is 0 Å². The Labute approximate surface area is 87.8 Å². The summed E-state index contributed by atoms with van der Waals surface area (Å²) in [4.78, 5) is 24.6. The van der Waals surface area contributed by atoms with Crippen molar-refractivity contribution in [3.63, 3.8) is 0 Å². The number of ether oxygens (including phenoxy) is 1. The van der Waals surface area contributed by atoms with Crippen molar-refractivity contribution < 1.29 is 9.53 Å². The molecule has 1 rings (SSSR count). The lowest BCUT2D eigenvalue weighted by atomic mass is 9.92. The van der Waals surface area contributed by atoms with Crippen LogP contribution in [0.15, 0.2) is 11.2 Å². The van der Waals surface area contributed by atoms with Crippen molar-refractivity contribution >= 4 is 11.7 Å². The zero-order chi connectivity index (χ0) is 11.6. The molecule has 1 heterocycles. The van der Waals surface area contributed by atoms with Crippen LogP contribution in [-0.4, -0.2) is 18.1 Å². The minimum atomic E-state index is -0.583. The summed E-state index contributed by atoms with van der Waals surface area (Å²) in [5.74, 6) is -0.583. The Hall–Kier alpha value is -1.65. The van der Waals surface area contributed by atoms with Crippen molar-refractivity contribution in [3.05, 3.63) is 22.4 Å². The van der Waals surface area contributed by atoms with Crippen LogP contribution in [0.25, 0.3) is 0 Å². The predicted octanol–water partition coefficient (Wildman–Crippen LogP) is 2.50. The molecule has 0 spiro atoms. The first-order valence-electron chi connectivity index (χ1n) is 4.55. The number of nitroso groups, excluding NO2 is 1. The van der Waals surface area contributed by atoms with Crippen molar-refractivity contribution in [2.45, 2.75) is 26.2 Å². The van der Waals surface area contributed by atoms with E-state index in [0.29, 0.717) is 0 Å². The number of carbonyl (C=O) groups is 1. The largest absolute Gasteiger partial charge is 0.464 e. The van der Waals surface area contributed by atoms with E-state index in [1.807, 2.05) is 20.8 Å². The quantitative estimate of drug-likeness (QED) is 0.602. The Morgan fingerprint density at radius 3 is 2.47 bits per heavy atom. The molecule has 0 aromatic carbocycles. The van der Waals surface area contributed by atoms with Crippen LogP contribution >= 0.6 is 0 Å². The number of carbonyl (C=O) groups excluding carboxylic acids is 1. The third kappa shape index (κ3) is 2.23. The highest BCUT2D eigenvalue weighted by molar-refractivity contribution is 5.93. The lowest BCUT2D eigenvalue weighted by molar-refractivity contribution is 0.0595. The lowest BCUT2D eigenvalue weighted by Gasteiger charge is -2.15. The molecule has 0 fully saturated rings. The van der Waals surface area contributed by atoms with Gasteiger partial charge in [-0.15, -0.1) is 4.91 Å². The van der Waals surface area contributed by atoms with Crippen molar-refractivity contribution in [1.29, 1.82) is 0 Å². The molecular formula is C10H14N2O3. The van der Waals surface area contributed by atoms with Gasteiger partial charge in [-0.3, -0.25) is 0 Å². The summed E-state index contributed by atoms with van der Waals surface area (Å²) >= 11 is 0. The second-order valence-electron chi connectivity index (χ2n) is 4.28. The topological polar surface area (TPSA) is 71.5 Å². The smallest absolute Gasteiger partial charge is 0.356 e. The molecule has 0 aliphatic rings. The number of H-pyrrole nitrogens is 1. The Morgan fingerprint density at radius 1 is 1.47 bits per heavy atom. The summed E-state index contributed by atoms with van der Waals surface area (Å²) in [6.07, 6.45) is 0. The van der Waals surface area contributed by atoms with E-state index < -0.39 is 5.97 Å². The molecule has 0 saturated carbocycles. The van der Waals surface area contributed by atoms with E-state index in [4.69, 9.17) is 0 Å². The van der Waals surface area contributed by atoms with Gasteiger partial charge in [0.15, 0.2) is 5.69 Å². The van der Waals surface area contributed by atoms with E-state index in [-0.39, 0.29) is 16.8 Å². The molecule has 0 amide bonds. The number of aromatic nitrogens is 1. The molecule has 0 bridgehead atoms. The van der Waals surface area contributed by atoms with Gasteiger partial charge in [0.2, 0.25) is 0 Å². The van der Waals surface area contributed by atoms with Gasteiger partial charge in [-0.1, -0.05) is 20.8 Å². The third-order valence-electron chi connectivity index (χ3n) is 2.09. The monoisotopic (exact) mass is 210 g/mol. The molecule has 0 aliphatic carbocycles. The summed E-state index contributed by atoms with van der Waals surface area (Å²) < 4.78 is 4.54. The zero-order valence-electron chi connectivity index (χ0n) is 9.25. The van der Waals surface area contributed by atoms with Crippen LogP contribution in [0.2, 0.25) is 0 Å². The highest BCUT2D eigenvalue weighted by Crippen LogP contribution is 2.28. The second kappa shape index (κ2) is 3.84. The highest BCUT2D eigenvalue weighted by atomic mass is 16.5. The molecule has 0 unspecified atom stereocenters. The first-order valence-corrected chi connectivity index (χ1v) is 4.55. The first-order chi connectivity index (χ1) is 6.90. The summed E-state index contributed by atoms with van der Waals surface area (Å²) in [7, 11) is 1.26. The molecule has 0 saturated heterocycles. The summed E-state index contributed by atoms with van der Waals surface area (Å²) in [5, 5.41) is 2.79. The van der Waals surface area contributed by atoms with Gasteiger partial charge < -0.3 is 9.72 Å². The standard InChI is InChI=1S/C10H14N2O3/c1-10(2,3)7-5-6(12-14)8(11-7)9(13)15-4/h5,11H,1-4H3. The molecule has 5 nitrogen and oxygen atoms in total. The number of aromatic amines is 1. The summed E-state index contributed by atoms with van der Waals surface area (Å²) in [6, 6.07) is 1.57. The number of nitrogens with one attached hydrogen (secondary N) is 1. The molecule has 1 N–H and O–H groups in total. The Balaban J connectivity index is 3.23. The minimum Gasteiger partial charge on any atom is -0.464 e. The Bertz CT molecular complexity index is 388. The summed E-state index contributed by atoms with van der Waals surface area (Å²) in [6.45, 7) is 5.90. The molecule has 15 heavy (non-hydrogen) atoms. The van der Waals surface area contributed by atoms with Crippen LogP contribution in [0.3, 0.4) is 0 Å². The highest BCUT2D eigenvalue weighted by Gasteiger charge is 2.23. The van der Waals surface area contributed by atoms with Crippen LogP contribution in [-0.2, 0) is 10.2 Å². The number of rotatable bonds is 2. The van der Waals surface area contributed by atoms with E-state index in [9.17, 15) is 9.70 Å². The molecule has 0 radical (unpaired) electrons. The first kappa shape index (κ1) is 11.4. The average molecular weight is 210 g/mol. The van der Waals surface area contributed by atoms with Gasteiger partial charge in [0, 0.05) is 11.1 Å². The fraction of sp³-hybridized carbons (Fsp3) is 0.500. The molecule has 5 heteroatoms. The van der Waals surface area contributed by atoms with Gasteiger partial charge in [0.05, 0.1) is 7.11 Å². The maximum atomic E-state index is 11.3. The molecule has 82 valence electrons. The third-order valence-corrected chi connectivity index (χ3v) is 2.09. The van der Waals surface area contributed by atoms with E-state index in [1.165, 1.54) is 7.11 Å². The van der Waals surface area contributed by atoms with Crippen LogP contribution in [0.4, 0.5) is 5.69 Å². The van der Waals surface area contributed by atoms with Crippen LogP contribution in [0.1, 0.15) is 37.0 Å². The lowest BCUT2D eigenvalue weighted by Crippen LogP contribution is -2.12. The van der Waals surface area contributed by atoms with Gasteiger partial charge in [-0.05, 0) is 11.2 Å². The Morgan fingerprint density at radius 2 is 2.07 bits per heavy atom. The average Bonchev–Trinajstić information content (AvgIpc) is 2.59. The molecule has 0 atom stereocenters. The SMILES string of the molecule is COC(=O)c1[nH]c(C(C)(C)C)cc1N=O. The van der Waals surface area contributed by atoms with Gasteiger partial charge in [0.25, 0.3) is 0 Å². The predicted molar refractivity (Wildman–Crippen MR) is 56.3 cm³/mol. The molecule has 0 aliphatic heterocycles. The van der Waals surface area contributed by atoms with Crippen molar-refractivity contribution in [2.75, 3.05) is 7.11 Å². The van der Waals surface area contributed by atoms with Crippen molar-refractivity contribution in [1.82, 2.24) is 4.98 Å². The molecular weight excluding hydrogens is 196 g/mol. The maximum Gasteiger partial charge on any atom is 0.356 e.